The molecule has 140 valence electrons. The van der Waals surface area contributed by atoms with Crippen molar-refractivity contribution in [2.24, 2.45) is 0 Å². The number of nitrogens with zero attached hydrogens (tertiary/aromatic N) is 5. The molecule has 2 heterocycles. The molecule has 1 aliphatic heterocycles. The van der Waals surface area contributed by atoms with E-state index in [0.717, 1.165) is 0 Å². The van der Waals surface area contributed by atoms with Gasteiger partial charge >= 0.3 is 5.69 Å². The lowest BCUT2D eigenvalue weighted by molar-refractivity contribution is -0.385. The van der Waals surface area contributed by atoms with E-state index in [-0.39, 0.29) is 33.7 Å². The molecule has 0 N–H and O–H groups in total. The first-order chi connectivity index (χ1) is 12.3. The van der Waals surface area contributed by atoms with Crippen molar-refractivity contribution in [3.63, 3.8) is 0 Å². The maximum atomic E-state index is 12.8. The van der Waals surface area contributed by atoms with Crippen LogP contribution in [0.3, 0.4) is 0 Å². The molecule has 0 saturated carbocycles. The summed E-state index contributed by atoms with van der Waals surface area (Å²) in [6.45, 7) is 1.76. The number of rotatable bonds is 5. The molecule has 1 aliphatic rings. The zero-order valence-corrected chi connectivity index (χ0v) is 15.8. The molecule has 1 saturated heterocycles. The highest BCUT2D eigenvalue weighted by atomic mass is 35.5. The molecule has 0 bridgehead atoms. The molecule has 1 fully saturated rings. The van der Waals surface area contributed by atoms with Crippen molar-refractivity contribution >= 4 is 38.9 Å². The summed E-state index contributed by atoms with van der Waals surface area (Å²) in [7, 11) is -3.80. The molecule has 0 radical (unpaired) electrons. The highest BCUT2D eigenvalue weighted by Gasteiger charge is 2.32. The zero-order valence-electron chi connectivity index (χ0n) is 13.5. The second-order valence-corrected chi connectivity index (χ2v) is 8.40. The lowest BCUT2D eigenvalue weighted by Crippen LogP contribution is -2.49. The van der Waals surface area contributed by atoms with Crippen molar-refractivity contribution in [1.29, 1.82) is 0 Å². The van der Waals surface area contributed by atoms with Crippen LogP contribution >= 0.6 is 23.2 Å². The summed E-state index contributed by atoms with van der Waals surface area (Å²) >= 11 is 12.1. The van der Waals surface area contributed by atoms with Crippen LogP contribution in [0.2, 0.25) is 10.0 Å². The fourth-order valence-corrected chi connectivity index (χ4v) is 5.21. The van der Waals surface area contributed by atoms with E-state index in [1.165, 1.54) is 33.5 Å². The SMILES string of the molecule is O=[N+]([O-])c1cnn(CN2CCN(S(=O)(=O)c3c(Cl)cccc3Cl)CC2)c1. The van der Waals surface area contributed by atoms with Gasteiger partial charge in [0.25, 0.3) is 0 Å². The topological polar surface area (TPSA) is 102 Å². The summed E-state index contributed by atoms with van der Waals surface area (Å²) in [4.78, 5) is 12.1. The van der Waals surface area contributed by atoms with E-state index in [1.807, 2.05) is 4.90 Å². The Hall–Kier alpha value is -1.72. The average molecular weight is 420 g/mol. The molecule has 12 heteroatoms. The normalized spacial score (nSPS) is 16.7. The van der Waals surface area contributed by atoms with Crippen molar-refractivity contribution in [2.75, 3.05) is 26.2 Å². The van der Waals surface area contributed by atoms with Crippen LogP contribution in [0.4, 0.5) is 5.69 Å². The number of nitro groups is 1. The lowest BCUT2D eigenvalue weighted by atomic mass is 10.4. The van der Waals surface area contributed by atoms with Crippen molar-refractivity contribution < 1.29 is 13.3 Å². The van der Waals surface area contributed by atoms with E-state index in [0.29, 0.717) is 19.8 Å². The first-order valence-corrected chi connectivity index (χ1v) is 9.82. The van der Waals surface area contributed by atoms with E-state index in [1.54, 1.807) is 6.07 Å². The van der Waals surface area contributed by atoms with Gasteiger partial charge in [-0.15, -0.1) is 0 Å². The second-order valence-electron chi connectivity index (χ2n) is 5.71. The molecule has 9 nitrogen and oxygen atoms in total. The minimum absolute atomic E-state index is 0.0837. The van der Waals surface area contributed by atoms with Gasteiger partial charge in [-0.1, -0.05) is 29.3 Å². The molecule has 0 spiro atoms. The van der Waals surface area contributed by atoms with E-state index in [2.05, 4.69) is 5.10 Å². The minimum Gasteiger partial charge on any atom is -0.282 e. The smallest absolute Gasteiger partial charge is 0.282 e. The quantitative estimate of drug-likeness (QED) is 0.542. The number of benzene rings is 1. The van der Waals surface area contributed by atoms with Crippen LogP contribution in [0, 0.1) is 10.1 Å². The monoisotopic (exact) mass is 419 g/mol. The van der Waals surface area contributed by atoms with Crippen LogP contribution in [0.25, 0.3) is 0 Å². The largest absolute Gasteiger partial charge is 0.307 e. The number of sulfonamides is 1. The number of halogens is 2. The number of piperazine rings is 1. The predicted molar refractivity (Wildman–Crippen MR) is 95.7 cm³/mol. The molecule has 26 heavy (non-hydrogen) atoms. The third-order valence-corrected chi connectivity index (χ3v) is 6.88. The Morgan fingerprint density at radius 2 is 1.77 bits per heavy atom. The second kappa shape index (κ2) is 7.49. The van der Waals surface area contributed by atoms with Crippen molar-refractivity contribution in [3.05, 3.63) is 50.8 Å². The van der Waals surface area contributed by atoms with Crippen LogP contribution in [0.5, 0.6) is 0 Å². The van der Waals surface area contributed by atoms with E-state index >= 15 is 0 Å². The third kappa shape index (κ3) is 3.84. The molecule has 0 atom stereocenters. The van der Waals surface area contributed by atoms with Crippen LogP contribution < -0.4 is 0 Å². The highest BCUT2D eigenvalue weighted by Crippen LogP contribution is 2.31. The number of aromatic nitrogens is 2. The van der Waals surface area contributed by atoms with Gasteiger partial charge in [0.2, 0.25) is 10.0 Å². The number of hydrogen-bond acceptors (Lipinski definition) is 6. The van der Waals surface area contributed by atoms with E-state index < -0.39 is 14.9 Å². The van der Waals surface area contributed by atoms with Gasteiger partial charge in [0.15, 0.2) is 0 Å². The van der Waals surface area contributed by atoms with E-state index in [9.17, 15) is 18.5 Å². The number of hydrogen-bond donors (Lipinski definition) is 0. The summed E-state index contributed by atoms with van der Waals surface area (Å²) in [6.07, 6.45) is 2.52. The summed E-state index contributed by atoms with van der Waals surface area (Å²) in [5.74, 6) is 0. The van der Waals surface area contributed by atoms with Crippen LogP contribution in [0.1, 0.15) is 0 Å². The van der Waals surface area contributed by atoms with Crippen molar-refractivity contribution in [2.45, 2.75) is 11.6 Å². The van der Waals surface area contributed by atoms with Crippen molar-refractivity contribution in [3.8, 4) is 0 Å². The summed E-state index contributed by atoms with van der Waals surface area (Å²) in [6, 6.07) is 4.56. The Bertz CT molecular complexity index is 905. The first kappa shape index (κ1) is 19.1. The maximum Gasteiger partial charge on any atom is 0.307 e. The summed E-state index contributed by atoms with van der Waals surface area (Å²) in [5.41, 5.74) is -0.0837. The molecule has 0 unspecified atom stereocenters. The van der Waals surface area contributed by atoms with Gasteiger partial charge in [-0.25, -0.2) is 8.42 Å². The lowest BCUT2D eigenvalue weighted by Gasteiger charge is -2.34. The molecule has 0 amide bonds. The van der Waals surface area contributed by atoms with Crippen LogP contribution in [0.15, 0.2) is 35.5 Å². The molecule has 0 aliphatic carbocycles. The molecule has 2 aromatic rings. The minimum atomic E-state index is -3.80. The average Bonchev–Trinajstić information content (AvgIpc) is 3.04. The fourth-order valence-electron chi connectivity index (χ4n) is 2.70. The van der Waals surface area contributed by atoms with Gasteiger partial charge in [0.05, 0.1) is 21.6 Å². The highest BCUT2D eigenvalue weighted by molar-refractivity contribution is 7.89. The van der Waals surface area contributed by atoms with Gasteiger partial charge in [-0.05, 0) is 12.1 Å². The van der Waals surface area contributed by atoms with E-state index in [4.69, 9.17) is 23.2 Å². The zero-order chi connectivity index (χ0) is 18.9. The van der Waals surface area contributed by atoms with Gasteiger partial charge < -0.3 is 0 Å². The summed E-state index contributed by atoms with van der Waals surface area (Å²) in [5, 5.41) is 14.8. The van der Waals surface area contributed by atoms with Gasteiger partial charge in [-0.2, -0.15) is 9.40 Å². The Labute approximate surface area is 159 Å². The van der Waals surface area contributed by atoms with Gasteiger partial charge in [0, 0.05) is 26.2 Å². The standard InChI is InChI=1S/C14H15Cl2N5O4S/c15-12-2-1-3-13(16)14(12)26(24,25)20-6-4-18(5-7-20)10-19-9-11(8-17-19)21(22)23/h1-3,8-9H,4-7,10H2. The van der Waals surface area contributed by atoms with Crippen molar-refractivity contribution in [1.82, 2.24) is 19.0 Å². The predicted octanol–water partition coefficient (Wildman–Crippen LogP) is 2.06. The Morgan fingerprint density at radius 1 is 1.15 bits per heavy atom. The molecule has 3 rings (SSSR count). The maximum absolute atomic E-state index is 12.8. The van der Waals surface area contributed by atoms with Crippen LogP contribution in [-0.2, 0) is 16.7 Å². The van der Waals surface area contributed by atoms with Gasteiger partial charge in [-0.3, -0.25) is 19.7 Å². The first-order valence-electron chi connectivity index (χ1n) is 7.62. The van der Waals surface area contributed by atoms with Gasteiger partial charge in [0.1, 0.15) is 17.3 Å². The molecular formula is C14H15Cl2N5O4S. The van der Waals surface area contributed by atoms with Crippen LogP contribution in [-0.4, -0.2) is 58.5 Å². The molecule has 1 aromatic heterocycles. The molecular weight excluding hydrogens is 405 g/mol. The summed E-state index contributed by atoms with van der Waals surface area (Å²) < 4.78 is 28.4. The molecule has 1 aromatic carbocycles. The Kier molecular flexibility index (Phi) is 5.49. The third-order valence-electron chi connectivity index (χ3n) is 4.02. The Balaban J connectivity index is 1.67. The fraction of sp³-hybridized carbons (Fsp3) is 0.357. The Morgan fingerprint density at radius 3 is 2.31 bits per heavy atom.